The zero-order valence-electron chi connectivity index (χ0n) is 14.2. The molecular weight excluding hydrogens is 286 g/mol. The molecule has 1 aliphatic carbocycles. The fourth-order valence-corrected chi connectivity index (χ4v) is 4.97. The Kier molecular flexibility index (Phi) is 5.40. The standard InChI is InChI=1S/C20H31NO2/c22-16-12-19(13-17-23)8-10-20(11-9-19,21-14-4-5-15-21)18-6-2-1-3-7-18/h1-3,6-7,22-23H,4-5,8-17H2. The number of aliphatic hydroxyl groups is 2. The minimum atomic E-state index is 0.140. The third kappa shape index (κ3) is 3.33. The van der Waals surface area contributed by atoms with Gasteiger partial charge in [-0.25, -0.2) is 0 Å². The smallest absolute Gasteiger partial charge is 0.0461 e. The van der Waals surface area contributed by atoms with Crippen LogP contribution in [0.5, 0.6) is 0 Å². The quantitative estimate of drug-likeness (QED) is 0.846. The Bertz CT molecular complexity index is 466. The third-order valence-electron chi connectivity index (χ3n) is 6.44. The van der Waals surface area contributed by atoms with Crippen LogP contribution in [0, 0.1) is 5.41 Å². The molecule has 1 saturated heterocycles. The Morgan fingerprint density at radius 1 is 0.826 bits per heavy atom. The summed E-state index contributed by atoms with van der Waals surface area (Å²) in [5.74, 6) is 0. The summed E-state index contributed by atoms with van der Waals surface area (Å²) in [6.45, 7) is 2.90. The molecule has 1 saturated carbocycles. The van der Waals surface area contributed by atoms with Gasteiger partial charge in [0, 0.05) is 18.8 Å². The van der Waals surface area contributed by atoms with E-state index in [9.17, 15) is 10.2 Å². The van der Waals surface area contributed by atoms with E-state index in [-0.39, 0.29) is 24.2 Å². The molecule has 128 valence electrons. The van der Waals surface area contributed by atoms with Gasteiger partial charge in [0.2, 0.25) is 0 Å². The first kappa shape index (κ1) is 16.9. The van der Waals surface area contributed by atoms with Gasteiger partial charge in [-0.3, -0.25) is 4.90 Å². The van der Waals surface area contributed by atoms with E-state index < -0.39 is 0 Å². The Hall–Kier alpha value is -0.900. The Balaban J connectivity index is 1.85. The third-order valence-corrected chi connectivity index (χ3v) is 6.44. The Labute approximate surface area is 140 Å². The van der Waals surface area contributed by atoms with Crippen LogP contribution >= 0.6 is 0 Å². The van der Waals surface area contributed by atoms with E-state index in [2.05, 4.69) is 35.2 Å². The number of benzene rings is 1. The van der Waals surface area contributed by atoms with E-state index >= 15 is 0 Å². The van der Waals surface area contributed by atoms with Crippen LogP contribution in [0.2, 0.25) is 0 Å². The molecule has 0 unspecified atom stereocenters. The van der Waals surface area contributed by atoms with Crippen molar-refractivity contribution in [1.82, 2.24) is 4.90 Å². The van der Waals surface area contributed by atoms with E-state index in [1.165, 1.54) is 31.5 Å². The first-order valence-electron chi connectivity index (χ1n) is 9.27. The van der Waals surface area contributed by atoms with Crippen molar-refractivity contribution in [3.8, 4) is 0 Å². The number of nitrogens with zero attached hydrogens (tertiary/aromatic N) is 1. The minimum absolute atomic E-state index is 0.140. The van der Waals surface area contributed by atoms with Crippen molar-refractivity contribution in [2.45, 2.75) is 56.9 Å². The highest BCUT2D eigenvalue weighted by atomic mass is 16.3. The van der Waals surface area contributed by atoms with Crippen molar-refractivity contribution >= 4 is 0 Å². The zero-order chi connectivity index (χ0) is 16.2. The van der Waals surface area contributed by atoms with E-state index in [1.54, 1.807) is 0 Å². The van der Waals surface area contributed by atoms with Crippen LogP contribution in [-0.4, -0.2) is 41.4 Å². The molecule has 2 fully saturated rings. The second-order valence-corrected chi connectivity index (χ2v) is 7.54. The van der Waals surface area contributed by atoms with Gasteiger partial charge in [-0.1, -0.05) is 30.3 Å². The molecule has 0 aromatic heterocycles. The van der Waals surface area contributed by atoms with Crippen LogP contribution < -0.4 is 0 Å². The van der Waals surface area contributed by atoms with Gasteiger partial charge >= 0.3 is 0 Å². The predicted octanol–water partition coefficient (Wildman–Crippen LogP) is 3.30. The van der Waals surface area contributed by atoms with Gasteiger partial charge in [0.25, 0.3) is 0 Å². The Morgan fingerprint density at radius 2 is 1.39 bits per heavy atom. The molecule has 3 heteroatoms. The van der Waals surface area contributed by atoms with Crippen LogP contribution in [0.3, 0.4) is 0 Å². The van der Waals surface area contributed by atoms with Gasteiger partial charge in [0.15, 0.2) is 0 Å². The summed E-state index contributed by atoms with van der Waals surface area (Å²) in [7, 11) is 0. The molecule has 1 aliphatic heterocycles. The van der Waals surface area contributed by atoms with Crippen molar-refractivity contribution in [2.75, 3.05) is 26.3 Å². The molecule has 0 radical (unpaired) electrons. The topological polar surface area (TPSA) is 43.7 Å². The van der Waals surface area contributed by atoms with Crippen molar-refractivity contribution in [3.05, 3.63) is 35.9 Å². The van der Waals surface area contributed by atoms with Crippen LogP contribution in [0.4, 0.5) is 0 Å². The fourth-order valence-electron chi connectivity index (χ4n) is 4.97. The molecular formula is C20H31NO2. The summed E-state index contributed by atoms with van der Waals surface area (Å²) in [6, 6.07) is 11.0. The predicted molar refractivity (Wildman–Crippen MR) is 93.2 cm³/mol. The van der Waals surface area contributed by atoms with Crippen molar-refractivity contribution in [2.24, 2.45) is 5.41 Å². The normalized spacial score (nSPS) is 23.9. The second-order valence-electron chi connectivity index (χ2n) is 7.54. The van der Waals surface area contributed by atoms with Crippen LogP contribution in [0.25, 0.3) is 0 Å². The maximum atomic E-state index is 9.48. The average Bonchev–Trinajstić information content (AvgIpc) is 3.12. The van der Waals surface area contributed by atoms with E-state index in [1.807, 2.05) is 0 Å². The molecule has 3 nitrogen and oxygen atoms in total. The summed E-state index contributed by atoms with van der Waals surface area (Å²) in [5.41, 5.74) is 1.77. The fraction of sp³-hybridized carbons (Fsp3) is 0.700. The lowest BCUT2D eigenvalue weighted by molar-refractivity contribution is -0.00361. The largest absolute Gasteiger partial charge is 0.396 e. The highest BCUT2D eigenvalue weighted by molar-refractivity contribution is 5.26. The van der Waals surface area contributed by atoms with E-state index in [0.29, 0.717) is 0 Å². The molecule has 23 heavy (non-hydrogen) atoms. The number of hydrogen-bond acceptors (Lipinski definition) is 3. The summed E-state index contributed by atoms with van der Waals surface area (Å²) < 4.78 is 0. The summed E-state index contributed by atoms with van der Waals surface area (Å²) in [4.78, 5) is 2.71. The summed E-state index contributed by atoms with van der Waals surface area (Å²) >= 11 is 0. The van der Waals surface area contributed by atoms with Crippen LogP contribution in [0.1, 0.15) is 56.9 Å². The molecule has 2 aliphatic rings. The molecule has 0 amide bonds. The lowest BCUT2D eigenvalue weighted by atomic mass is 9.62. The minimum Gasteiger partial charge on any atom is -0.396 e. The van der Waals surface area contributed by atoms with Crippen LogP contribution in [0.15, 0.2) is 30.3 Å². The van der Waals surface area contributed by atoms with Gasteiger partial charge in [0.05, 0.1) is 0 Å². The second kappa shape index (κ2) is 7.33. The van der Waals surface area contributed by atoms with E-state index in [4.69, 9.17) is 0 Å². The van der Waals surface area contributed by atoms with Crippen molar-refractivity contribution in [1.29, 1.82) is 0 Å². The number of likely N-dealkylation sites (tertiary alicyclic amines) is 1. The maximum absolute atomic E-state index is 9.48. The lowest BCUT2D eigenvalue weighted by Crippen LogP contribution is -2.49. The highest BCUT2D eigenvalue weighted by Gasteiger charge is 2.46. The average molecular weight is 317 g/mol. The SMILES string of the molecule is OCCC1(CCO)CCC(c2ccccc2)(N2CCCC2)CC1. The maximum Gasteiger partial charge on any atom is 0.0461 e. The summed E-state index contributed by atoms with van der Waals surface area (Å²) in [5, 5.41) is 19.0. The summed E-state index contributed by atoms with van der Waals surface area (Å²) in [6.07, 6.45) is 8.81. The van der Waals surface area contributed by atoms with Gasteiger partial charge in [0.1, 0.15) is 0 Å². The zero-order valence-corrected chi connectivity index (χ0v) is 14.2. The molecule has 1 aromatic carbocycles. The van der Waals surface area contributed by atoms with Crippen molar-refractivity contribution < 1.29 is 10.2 Å². The molecule has 0 spiro atoms. The molecule has 2 N–H and O–H groups in total. The number of hydrogen-bond donors (Lipinski definition) is 2. The van der Waals surface area contributed by atoms with Gasteiger partial charge < -0.3 is 10.2 Å². The van der Waals surface area contributed by atoms with Crippen molar-refractivity contribution in [3.63, 3.8) is 0 Å². The van der Waals surface area contributed by atoms with Gasteiger partial charge in [-0.2, -0.15) is 0 Å². The van der Waals surface area contributed by atoms with Gasteiger partial charge in [-0.15, -0.1) is 0 Å². The molecule has 1 aromatic rings. The van der Waals surface area contributed by atoms with E-state index in [0.717, 1.165) is 38.5 Å². The first-order valence-corrected chi connectivity index (χ1v) is 9.27. The van der Waals surface area contributed by atoms with Crippen LogP contribution in [-0.2, 0) is 5.54 Å². The number of aliphatic hydroxyl groups excluding tert-OH is 2. The molecule has 0 bridgehead atoms. The highest BCUT2D eigenvalue weighted by Crippen LogP contribution is 2.52. The monoisotopic (exact) mass is 317 g/mol. The lowest BCUT2D eigenvalue weighted by Gasteiger charge is -2.51. The first-order chi connectivity index (χ1) is 11.2. The Morgan fingerprint density at radius 3 is 1.91 bits per heavy atom. The number of rotatable bonds is 6. The molecule has 1 heterocycles. The molecule has 0 atom stereocenters. The molecule has 3 rings (SSSR count). The van der Waals surface area contributed by atoms with Gasteiger partial charge in [-0.05, 0) is 75.4 Å².